The van der Waals surface area contributed by atoms with E-state index < -0.39 is 0 Å². The molecule has 0 saturated carbocycles. The lowest BCUT2D eigenvalue weighted by Crippen LogP contribution is -2.19. The van der Waals surface area contributed by atoms with Gasteiger partial charge >= 0.3 is 0 Å². The van der Waals surface area contributed by atoms with E-state index in [4.69, 9.17) is 16.1 Å². The van der Waals surface area contributed by atoms with E-state index in [1.165, 1.54) is 0 Å². The molecule has 0 spiro atoms. The zero-order valence-electron chi connectivity index (χ0n) is 13.0. The molecule has 24 heavy (non-hydrogen) atoms. The summed E-state index contributed by atoms with van der Waals surface area (Å²) in [5.41, 5.74) is 1.88. The predicted molar refractivity (Wildman–Crippen MR) is 90.2 cm³/mol. The topological polar surface area (TPSA) is 67.9 Å². The normalized spacial score (nSPS) is 17.4. The molecule has 0 amide bonds. The number of benzene rings is 1. The van der Waals surface area contributed by atoms with Crippen LogP contribution < -0.4 is 4.90 Å². The Balaban J connectivity index is 1.45. The van der Waals surface area contributed by atoms with Crippen molar-refractivity contribution >= 4 is 17.3 Å². The summed E-state index contributed by atoms with van der Waals surface area (Å²) in [6.45, 7) is 1.76. The lowest BCUT2D eigenvalue weighted by Gasteiger charge is -2.19. The Kier molecular flexibility index (Phi) is 4.13. The van der Waals surface area contributed by atoms with Gasteiger partial charge in [-0.2, -0.15) is 4.98 Å². The molecule has 2 aromatic heterocycles. The van der Waals surface area contributed by atoms with Crippen LogP contribution in [0, 0.1) is 0 Å². The van der Waals surface area contributed by atoms with Gasteiger partial charge in [-0.05, 0) is 18.6 Å². The summed E-state index contributed by atoms with van der Waals surface area (Å²) in [6.07, 6.45) is 6.52. The molecule has 1 aliphatic heterocycles. The third kappa shape index (κ3) is 3.10. The van der Waals surface area contributed by atoms with Crippen LogP contribution in [0.15, 0.2) is 47.4 Å². The van der Waals surface area contributed by atoms with Crippen LogP contribution in [0.2, 0.25) is 5.02 Å². The van der Waals surface area contributed by atoms with Crippen molar-refractivity contribution < 1.29 is 4.52 Å². The van der Waals surface area contributed by atoms with Crippen molar-refractivity contribution in [3.05, 3.63) is 65.3 Å². The Morgan fingerprint density at radius 1 is 1.25 bits per heavy atom. The molecule has 0 aliphatic carbocycles. The van der Waals surface area contributed by atoms with E-state index in [-0.39, 0.29) is 5.92 Å². The summed E-state index contributed by atoms with van der Waals surface area (Å²) in [5, 5.41) is 4.84. The van der Waals surface area contributed by atoms with E-state index in [9.17, 15) is 0 Å². The predicted octanol–water partition coefficient (Wildman–Crippen LogP) is 3.10. The molecule has 1 atom stereocenters. The van der Waals surface area contributed by atoms with Gasteiger partial charge in [-0.25, -0.2) is 0 Å². The summed E-state index contributed by atoms with van der Waals surface area (Å²) in [7, 11) is 0. The molecule has 122 valence electrons. The molecule has 4 rings (SSSR count). The standard InChI is InChI=1S/C17H16ClN5O/c18-14-3-1-2-4-15(14)23-8-5-12(11-23)17-21-16(22-24-17)9-13-10-19-6-7-20-13/h1-4,6-7,10,12H,5,8-9,11H2. The first-order valence-corrected chi connectivity index (χ1v) is 8.24. The highest BCUT2D eigenvalue weighted by molar-refractivity contribution is 6.33. The maximum absolute atomic E-state index is 6.29. The quantitative estimate of drug-likeness (QED) is 0.726. The van der Waals surface area contributed by atoms with Crippen molar-refractivity contribution in [3.8, 4) is 0 Å². The summed E-state index contributed by atoms with van der Waals surface area (Å²) in [6, 6.07) is 7.89. The first-order chi connectivity index (χ1) is 11.8. The number of para-hydroxylation sites is 1. The summed E-state index contributed by atoms with van der Waals surface area (Å²) >= 11 is 6.29. The summed E-state index contributed by atoms with van der Waals surface area (Å²) in [4.78, 5) is 15.1. The zero-order chi connectivity index (χ0) is 16.4. The highest BCUT2D eigenvalue weighted by atomic mass is 35.5. The highest BCUT2D eigenvalue weighted by Crippen LogP contribution is 2.33. The molecule has 1 saturated heterocycles. The van der Waals surface area contributed by atoms with Gasteiger partial charge in [0.15, 0.2) is 5.82 Å². The largest absolute Gasteiger partial charge is 0.370 e. The molecule has 1 fully saturated rings. The molecule has 3 heterocycles. The number of nitrogens with zero attached hydrogens (tertiary/aromatic N) is 5. The lowest BCUT2D eigenvalue weighted by molar-refractivity contribution is 0.356. The highest BCUT2D eigenvalue weighted by Gasteiger charge is 2.29. The van der Waals surface area contributed by atoms with Gasteiger partial charge in [-0.15, -0.1) is 0 Å². The van der Waals surface area contributed by atoms with Crippen LogP contribution in [-0.2, 0) is 6.42 Å². The van der Waals surface area contributed by atoms with Gasteiger partial charge in [0.05, 0.1) is 28.7 Å². The van der Waals surface area contributed by atoms with Gasteiger partial charge in [0.2, 0.25) is 5.89 Å². The van der Waals surface area contributed by atoms with Crippen LogP contribution in [0.3, 0.4) is 0 Å². The van der Waals surface area contributed by atoms with Gasteiger partial charge in [-0.1, -0.05) is 28.9 Å². The van der Waals surface area contributed by atoms with Crippen LogP contribution in [0.1, 0.15) is 29.7 Å². The molecule has 0 bridgehead atoms. The first-order valence-electron chi connectivity index (χ1n) is 7.86. The Morgan fingerprint density at radius 3 is 3.00 bits per heavy atom. The molecule has 1 aromatic carbocycles. The zero-order valence-corrected chi connectivity index (χ0v) is 13.7. The fourth-order valence-corrected chi connectivity index (χ4v) is 3.23. The Bertz CT molecular complexity index is 823. The smallest absolute Gasteiger partial charge is 0.231 e. The van der Waals surface area contributed by atoms with E-state index >= 15 is 0 Å². The minimum absolute atomic E-state index is 0.226. The third-order valence-electron chi connectivity index (χ3n) is 4.17. The maximum Gasteiger partial charge on any atom is 0.231 e. The number of halogens is 1. The van der Waals surface area contributed by atoms with E-state index in [1.807, 2.05) is 24.3 Å². The lowest BCUT2D eigenvalue weighted by atomic mass is 10.1. The van der Waals surface area contributed by atoms with Crippen molar-refractivity contribution in [3.63, 3.8) is 0 Å². The number of hydrogen-bond acceptors (Lipinski definition) is 6. The van der Waals surface area contributed by atoms with Gasteiger partial charge in [0, 0.05) is 31.7 Å². The molecular formula is C17H16ClN5O. The summed E-state index contributed by atoms with van der Waals surface area (Å²) in [5.74, 6) is 1.55. The molecular weight excluding hydrogens is 326 g/mol. The van der Waals surface area contributed by atoms with Gasteiger partial charge in [0.1, 0.15) is 0 Å². The molecule has 0 N–H and O–H groups in total. The second kappa shape index (κ2) is 6.57. The van der Waals surface area contributed by atoms with Gasteiger partial charge < -0.3 is 9.42 Å². The SMILES string of the molecule is Clc1ccccc1N1CCC(c2nc(Cc3cnccn3)no2)C1. The van der Waals surface area contributed by atoms with Gasteiger partial charge in [-0.3, -0.25) is 9.97 Å². The van der Waals surface area contributed by atoms with Crippen molar-refractivity contribution in [1.29, 1.82) is 0 Å². The third-order valence-corrected chi connectivity index (χ3v) is 4.49. The minimum atomic E-state index is 0.226. The monoisotopic (exact) mass is 341 g/mol. The number of hydrogen-bond donors (Lipinski definition) is 0. The molecule has 6 nitrogen and oxygen atoms in total. The Labute approximate surface area is 144 Å². The summed E-state index contributed by atoms with van der Waals surface area (Å²) < 4.78 is 5.47. The van der Waals surface area contributed by atoms with Gasteiger partial charge in [0.25, 0.3) is 0 Å². The van der Waals surface area contributed by atoms with E-state index in [0.717, 1.165) is 35.9 Å². The first kappa shape index (κ1) is 15.1. The second-order valence-electron chi connectivity index (χ2n) is 5.81. The van der Waals surface area contributed by atoms with Crippen LogP contribution in [0.4, 0.5) is 5.69 Å². The van der Waals surface area contributed by atoms with Crippen LogP contribution in [0.25, 0.3) is 0 Å². The second-order valence-corrected chi connectivity index (χ2v) is 6.21. The minimum Gasteiger partial charge on any atom is -0.370 e. The Hall–Kier alpha value is -2.47. The van der Waals surface area contributed by atoms with Crippen molar-refractivity contribution in [2.45, 2.75) is 18.8 Å². The average molecular weight is 342 g/mol. The van der Waals surface area contributed by atoms with Crippen molar-refractivity contribution in [1.82, 2.24) is 20.1 Å². The number of rotatable bonds is 4. The average Bonchev–Trinajstić information content (AvgIpc) is 3.25. The van der Waals surface area contributed by atoms with Crippen molar-refractivity contribution in [2.24, 2.45) is 0 Å². The Morgan fingerprint density at radius 2 is 2.17 bits per heavy atom. The fraction of sp³-hybridized carbons (Fsp3) is 0.294. The van der Waals surface area contributed by atoms with Crippen LogP contribution >= 0.6 is 11.6 Å². The maximum atomic E-state index is 6.29. The molecule has 3 aromatic rings. The van der Waals surface area contributed by atoms with Crippen LogP contribution in [0.5, 0.6) is 0 Å². The van der Waals surface area contributed by atoms with Crippen LogP contribution in [-0.4, -0.2) is 33.2 Å². The molecule has 7 heteroatoms. The van der Waals surface area contributed by atoms with E-state index in [1.54, 1.807) is 18.6 Å². The van der Waals surface area contributed by atoms with E-state index in [2.05, 4.69) is 25.0 Å². The van der Waals surface area contributed by atoms with Crippen molar-refractivity contribution in [2.75, 3.05) is 18.0 Å². The van der Waals surface area contributed by atoms with E-state index in [0.29, 0.717) is 18.1 Å². The number of aromatic nitrogens is 4. The molecule has 1 aliphatic rings. The fourth-order valence-electron chi connectivity index (χ4n) is 2.98. The molecule has 0 radical (unpaired) electrons. The molecule has 1 unspecified atom stereocenters. The number of anilines is 1.